The second kappa shape index (κ2) is 9.86. The number of rotatable bonds is 9. The van der Waals surface area contributed by atoms with Gasteiger partial charge >= 0.3 is 0 Å². The molecular formula is C14H30N2O. The second-order valence-corrected chi connectivity index (χ2v) is 5.18. The maximum atomic E-state index is 5.74. The van der Waals surface area contributed by atoms with Crippen LogP contribution in [-0.4, -0.2) is 50.8 Å². The van der Waals surface area contributed by atoms with Gasteiger partial charge in [0.05, 0.1) is 6.10 Å². The summed E-state index contributed by atoms with van der Waals surface area (Å²) in [6.07, 6.45) is 8.20. The van der Waals surface area contributed by atoms with Crippen LogP contribution < -0.4 is 5.32 Å². The van der Waals surface area contributed by atoms with Crippen molar-refractivity contribution in [3.05, 3.63) is 0 Å². The Morgan fingerprint density at radius 1 is 1.24 bits per heavy atom. The van der Waals surface area contributed by atoms with Gasteiger partial charge in [-0.05, 0) is 58.7 Å². The second-order valence-electron chi connectivity index (χ2n) is 5.18. The third-order valence-electron chi connectivity index (χ3n) is 3.44. The van der Waals surface area contributed by atoms with Crippen LogP contribution in [0.15, 0.2) is 0 Å². The fraction of sp³-hybridized carbons (Fsp3) is 1.00. The Morgan fingerprint density at radius 2 is 2.12 bits per heavy atom. The normalized spacial score (nSPS) is 21.0. The van der Waals surface area contributed by atoms with Crippen LogP contribution in [-0.2, 0) is 4.74 Å². The van der Waals surface area contributed by atoms with E-state index in [4.69, 9.17) is 4.74 Å². The van der Waals surface area contributed by atoms with Gasteiger partial charge in [-0.3, -0.25) is 0 Å². The lowest BCUT2D eigenvalue weighted by atomic mass is 10.0. The van der Waals surface area contributed by atoms with Gasteiger partial charge in [0.15, 0.2) is 0 Å². The summed E-state index contributed by atoms with van der Waals surface area (Å²) in [7, 11) is 2.22. The number of ether oxygens (including phenoxy) is 1. The predicted molar refractivity (Wildman–Crippen MR) is 73.5 cm³/mol. The largest absolute Gasteiger partial charge is 0.378 e. The van der Waals surface area contributed by atoms with Crippen LogP contribution >= 0.6 is 0 Å². The minimum atomic E-state index is 0.551. The molecule has 1 rings (SSSR count). The number of nitrogens with one attached hydrogen (secondary N) is 1. The van der Waals surface area contributed by atoms with Crippen molar-refractivity contribution in [2.24, 2.45) is 0 Å². The van der Waals surface area contributed by atoms with Gasteiger partial charge in [0.1, 0.15) is 0 Å². The van der Waals surface area contributed by atoms with Gasteiger partial charge in [-0.25, -0.2) is 0 Å². The van der Waals surface area contributed by atoms with Gasteiger partial charge in [0, 0.05) is 19.7 Å². The molecule has 1 fully saturated rings. The summed E-state index contributed by atoms with van der Waals surface area (Å²) in [6, 6.07) is 0. The average molecular weight is 242 g/mol. The first kappa shape index (κ1) is 14.9. The van der Waals surface area contributed by atoms with Gasteiger partial charge < -0.3 is 15.0 Å². The van der Waals surface area contributed by atoms with E-state index >= 15 is 0 Å². The van der Waals surface area contributed by atoms with E-state index < -0.39 is 0 Å². The highest BCUT2D eigenvalue weighted by atomic mass is 16.5. The van der Waals surface area contributed by atoms with Crippen LogP contribution in [0.4, 0.5) is 0 Å². The summed E-state index contributed by atoms with van der Waals surface area (Å²) in [5, 5.41) is 3.44. The van der Waals surface area contributed by atoms with Crippen LogP contribution in [0, 0.1) is 0 Å². The highest BCUT2D eigenvalue weighted by Crippen LogP contribution is 2.16. The highest BCUT2D eigenvalue weighted by molar-refractivity contribution is 4.65. The van der Waals surface area contributed by atoms with Crippen molar-refractivity contribution in [2.75, 3.05) is 39.8 Å². The molecule has 0 radical (unpaired) electrons. The Labute approximate surface area is 107 Å². The molecule has 1 heterocycles. The van der Waals surface area contributed by atoms with E-state index in [-0.39, 0.29) is 0 Å². The summed E-state index contributed by atoms with van der Waals surface area (Å²) < 4.78 is 5.74. The molecule has 0 aliphatic carbocycles. The summed E-state index contributed by atoms with van der Waals surface area (Å²) in [5.41, 5.74) is 0. The van der Waals surface area contributed by atoms with Crippen LogP contribution in [0.2, 0.25) is 0 Å². The lowest BCUT2D eigenvalue weighted by Crippen LogP contribution is -2.31. The van der Waals surface area contributed by atoms with Crippen molar-refractivity contribution in [3.63, 3.8) is 0 Å². The first-order valence-electron chi connectivity index (χ1n) is 7.33. The first-order chi connectivity index (χ1) is 8.33. The number of likely N-dealkylation sites (N-methyl/N-ethyl adjacent to an activating group) is 1. The third-order valence-corrected chi connectivity index (χ3v) is 3.44. The van der Waals surface area contributed by atoms with Crippen molar-refractivity contribution in [1.29, 1.82) is 0 Å². The molecule has 0 aromatic carbocycles. The van der Waals surface area contributed by atoms with Gasteiger partial charge in [-0.2, -0.15) is 0 Å². The molecule has 1 N–H and O–H groups in total. The lowest BCUT2D eigenvalue weighted by Gasteiger charge is -2.23. The molecule has 0 aromatic heterocycles. The smallest absolute Gasteiger partial charge is 0.0575 e. The van der Waals surface area contributed by atoms with E-state index in [9.17, 15) is 0 Å². The van der Waals surface area contributed by atoms with Gasteiger partial charge in [0.25, 0.3) is 0 Å². The molecule has 1 atom stereocenters. The number of hydrogen-bond donors (Lipinski definition) is 1. The van der Waals surface area contributed by atoms with Crippen molar-refractivity contribution in [1.82, 2.24) is 10.2 Å². The molecule has 0 saturated carbocycles. The standard InChI is InChI=1S/C14H30N2O/c1-3-9-15-10-12-16(2)11-6-8-14-7-4-5-13-17-14/h14-15H,3-13H2,1-2H3. The highest BCUT2D eigenvalue weighted by Gasteiger charge is 2.13. The lowest BCUT2D eigenvalue weighted by molar-refractivity contribution is 0.00901. The van der Waals surface area contributed by atoms with Gasteiger partial charge in [0.2, 0.25) is 0 Å². The molecule has 0 aromatic rings. The van der Waals surface area contributed by atoms with Gasteiger partial charge in [-0.1, -0.05) is 6.92 Å². The maximum absolute atomic E-state index is 5.74. The zero-order valence-electron chi connectivity index (χ0n) is 11.7. The Morgan fingerprint density at radius 3 is 2.82 bits per heavy atom. The SMILES string of the molecule is CCCNCCN(C)CCCC1CCCCO1. The first-order valence-corrected chi connectivity index (χ1v) is 7.33. The van der Waals surface area contributed by atoms with Crippen molar-refractivity contribution >= 4 is 0 Å². The van der Waals surface area contributed by atoms with E-state index in [0.29, 0.717) is 6.10 Å². The predicted octanol–water partition coefficient (Wildman–Crippen LogP) is 2.27. The third kappa shape index (κ3) is 7.74. The topological polar surface area (TPSA) is 24.5 Å². The van der Waals surface area contributed by atoms with Crippen LogP contribution in [0.25, 0.3) is 0 Å². The van der Waals surface area contributed by atoms with E-state index in [1.165, 1.54) is 45.1 Å². The van der Waals surface area contributed by atoms with Crippen LogP contribution in [0.5, 0.6) is 0 Å². The molecular weight excluding hydrogens is 212 g/mol. The van der Waals surface area contributed by atoms with Crippen LogP contribution in [0.1, 0.15) is 45.4 Å². The fourth-order valence-corrected chi connectivity index (χ4v) is 2.31. The molecule has 3 nitrogen and oxygen atoms in total. The molecule has 102 valence electrons. The van der Waals surface area contributed by atoms with E-state index in [2.05, 4.69) is 24.2 Å². The number of nitrogens with zero attached hydrogens (tertiary/aromatic N) is 1. The summed E-state index contributed by atoms with van der Waals surface area (Å²) >= 11 is 0. The molecule has 1 unspecified atom stereocenters. The molecule has 17 heavy (non-hydrogen) atoms. The monoisotopic (exact) mass is 242 g/mol. The maximum Gasteiger partial charge on any atom is 0.0575 e. The molecule has 3 heteroatoms. The fourth-order valence-electron chi connectivity index (χ4n) is 2.31. The van der Waals surface area contributed by atoms with Crippen LogP contribution in [0.3, 0.4) is 0 Å². The van der Waals surface area contributed by atoms with Crippen molar-refractivity contribution in [2.45, 2.75) is 51.6 Å². The molecule has 1 saturated heterocycles. The van der Waals surface area contributed by atoms with Crippen molar-refractivity contribution in [3.8, 4) is 0 Å². The Hall–Kier alpha value is -0.120. The molecule has 0 amide bonds. The molecule has 1 aliphatic heterocycles. The zero-order valence-corrected chi connectivity index (χ0v) is 11.7. The summed E-state index contributed by atoms with van der Waals surface area (Å²) in [6.45, 7) is 7.82. The summed E-state index contributed by atoms with van der Waals surface area (Å²) in [4.78, 5) is 2.42. The van der Waals surface area contributed by atoms with E-state index in [1.54, 1.807) is 0 Å². The molecule has 0 spiro atoms. The van der Waals surface area contributed by atoms with E-state index in [0.717, 1.165) is 26.2 Å². The average Bonchev–Trinajstić information content (AvgIpc) is 2.36. The molecule has 0 bridgehead atoms. The van der Waals surface area contributed by atoms with Crippen molar-refractivity contribution < 1.29 is 4.74 Å². The van der Waals surface area contributed by atoms with E-state index in [1.807, 2.05) is 0 Å². The minimum Gasteiger partial charge on any atom is -0.378 e. The van der Waals surface area contributed by atoms with Gasteiger partial charge in [-0.15, -0.1) is 0 Å². The number of hydrogen-bond acceptors (Lipinski definition) is 3. The Balaban J connectivity index is 1.90. The molecule has 1 aliphatic rings. The Bertz CT molecular complexity index is 170. The Kier molecular flexibility index (Phi) is 8.67. The summed E-state index contributed by atoms with van der Waals surface area (Å²) in [5.74, 6) is 0. The minimum absolute atomic E-state index is 0.551. The zero-order chi connectivity index (χ0) is 12.3. The quantitative estimate of drug-likeness (QED) is 0.628.